The summed E-state index contributed by atoms with van der Waals surface area (Å²) in [6.07, 6.45) is 2.53. The third-order valence-corrected chi connectivity index (χ3v) is 3.84. The fourth-order valence-corrected chi connectivity index (χ4v) is 2.44. The van der Waals surface area contributed by atoms with Crippen molar-refractivity contribution < 1.29 is 0 Å². The molecule has 94 valence electrons. The Morgan fingerprint density at radius 3 is 2.06 bits per heavy atom. The fourth-order valence-electron chi connectivity index (χ4n) is 2.44. The van der Waals surface area contributed by atoms with Crippen molar-refractivity contribution in [2.45, 2.75) is 53.0 Å². The first-order chi connectivity index (χ1) is 7.43. The number of hydrogen-bond acceptors (Lipinski definition) is 2. The van der Waals surface area contributed by atoms with E-state index in [0.29, 0.717) is 5.41 Å². The second-order valence-electron chi connectivity index (χ2n) is 5.79. The van der Waals surface area contributed by atoms with E-state index < -0.39 is 0 Å². The molecule has 2 nitrogen and oxygen atoms in total. The van der Waals surface area contributed by atoms with Gasteiger partial charge in [-0.1, -0.05) is 34.3 Å². The van der Waals surface area contributed by atoms with Crippen molar-refractivity contribution in [3.05, 3.63) is 12.3 Å². The van der Waals surface area contributed by atoms with Crippen LogP contribution in [-0.2, 0) is 0 Å². The Bertz CT molecular complexity index is 251. The molecule has 0 amide bonds. The maximum absolute atomic E-state index is 4.26. The van der Waals surface area contributed by atoms with E-state index in [9.17, 15) is 0 Å². The molecule has 2 fully saturated rings. The summed E-state index contributed by atoms with van der Waals surface area (Å²) in [4.78, 5) is 2.46. The first kappa shape index (κ1) is 13.6. The number of hydrogen-bond donors (Lipinski definition) is 1. The molecule has 0 radical (unpaired) electrons. The molecule has 16 heavy (non-hydrogen) atoms. The van der Waals surface area contributed by atoms with Gasteiger partial charge >= 0.3 is 0 Å². The van der Waals surface area contributed by atoms with Crippen LogP contribution in [0.15, 0.2) is 12.3 Å². The summed E-state index contributed by atoms with van der Waals surface area (Å²) in [5.41, 5.74) is 1.97. The van der Waals surface area contributed by atoms with Gasteiger partial charge in [-0.3, -0.25) is 0 Å². The van der Waals surface area contributed by atoms with Crippen LogP contribution in [-0.4, -0.2) is 30.1 Å². The largest absolute Gasteiger partial charge is 0.373 e. The molecule has 2 rings (SSSR count). The van der Waals surface area contributed by atoms with Gasteiger partial charge in [-0.15, -0.1) is 0 Å². The Balaban J connectivity index is 0.000000606. The van der Waals surface area contributed by atoms with Gasteiger partial charge in [-0.25, -0.2) is 0 Å². The van der Waals surface area contributed by atoms with Crippen molar-refractivity contribution >= 4 is 0 Å². The molecule has 1 atom stereocenters. The molecule has 2 aliphatic heterocycles. The lowest BCUT2D eigenvalue weighted by Gasteiger charge is -2.45. The molecule has 2 aliphatic rings. The van der Waals surface area contributed by atoms with Crippen molar-refractivity contribution in [3.63, 3.8) is 0 Å². The van der Waals surface area contributed by atoms with Crippen molar-refractivity contribution in [3.8, 4) is 0 Å². The van der Waals surface area contributed by atoms with Gasteiger partial charge in [0.2, 0.25) is 0 Å². The highest BCUT2D eigenvalue weighted by Crippen LogP contribution is 2.36. The Hall–Kier alpha value is -0.500. The van der Waals surface area contributed by atoms with Crippen molar-refractivity contribution in [1.29, 1.82) is 0 Å². The van der Waals surface area contributed by atoms with Gasteiger partial charge in [0.15, 0.2) is 0 Å². The SMILES string of the molecule is C=C(N1CCC(C)(C)C1)[C@@]1(C)CCN1.CC. The van der Waals surface area contributed by atoms with E-state index >= 15 is 0 Å². The third-order valence-electron chi connectivity index (χ3n) is 3.84. The molecule has 0 aromatic heterocycles. The van der Waals surface area contributed by atoms with Gasteiger partial charge < -0.3 is 10.2 Å². The maximum atomic E-state index is 4.26. The highest BCUT2D eigenvalue weighted by atomic mass is 15.2. The molecule has 0 bridgehead atoms. The van der Waals surface area contributed by atoms with Gasteiger partial charge in [-0.05, 0) is 31.7 Å². The molecule has 0 aromatic rings. The van der Waals surface area contributed by atoms with Crippen LogP contribution in [0, 0.1) is 5.41 Å². The lowest BCUT2D eigenvalue weighted by molar-refractivity contribution is 0.208. The van der Waals surface area contributed by atoms with E-state index in [1.165, 1.54) is 31.6 Å². The first-order valence-corrected chi connectivity index (χ1v) is 6.62. The highest BCUT2D eigenvalue weighted by Gasteiger charge is 2.40. The minimum Gasteiger partial charge on any atom is -0.373 e. The number of nitrogens with zero attached hydrogens (tertiary/aromatic N) is 1. The van der Waals surface area contributed by atoms with Crippen LogP contribution in [0.1, 0.15) is 47.5 Å². The van der Waals surface area contributed by atoms with E-state index in [1.807, 2.05) is 13.8 Å². The number of likely N-dealkylation sites (tertiary alicyclic amines) is 1. The summed E-state index contributed by atoms with van der Waals surface area (Å²) >= 11 is 0. The van der Waals surface area contributed by atoms with Gasteiger partial charge in [0.25, 0.3) is 0 Å². The Kier molecular flexibility index (Phi) is 4.06. The number of rotatable bonds is 2. The van der Waals surface area contributed by atoms with Gasteiger partial charge in [0.1, 0.15) is 0 Å². The number of nitrogens with one attached hydrogen (secondary N) is 1. The zero-order valence-electron chi connectivity index (χ0n) is 11.7. The van der Waals surface area contributed by atoms with Crippen molar-refractivity contribution in [1.82, 2.24) is 10.2 Å². The quantitative estimate of drug-likeness (QED) is 0.775. The lowest BCUT2D eigenvalue weighted by Crippen LogP contribution is -2.58. The third kappa shape index (κ3) is 2.60. The molecule has 2 heterocycles. The Morgan fingerprint density at radius 2 is 1.75 bits per heavy atom. The molecular weight excluding hydrogens is 196 g/mol. The van der Waals surface area contributed by atoms with Crippen LogP contribution in [0.2, 0.25) is 0 Å². The second kappa shape index (κ2) is 4.79. The molecule has 0 unspecified atom stereocenters. The van der Waals surface area contributed by atoms with Crippen molar-refractivity contribution in [2.24, 2.45) is 5.41 Å². The van der Waals surface area contributed by atoms with Crippen LogP contribution < -0.4 is 5.32 Å². The van der Waals surface area contributed by atoms with E-state index in [1.54, 1.807) is 0 Å². The van der Waals surface area contributed by atoms with Crippen molar-refractivity contribution in [2.75, 3.05) is 19.6 Å². The molecule has 0 spiro atoms. The summed E-state index contributed by atoms with van der Waals surface area (Å²) in [7, 11) is 0. The van der Waals surface area contributed by atoms with Crippen LogP contribution >= 0.6 is 0 Å². The van der Waals surface area contributed by atoms with E-state index in [4.69, 9.17) is 0 Å². The van der Waals surface area contributed by atoms with E-state index in [0.717, 1.165) is 6.54 Å². The Labute approximate surface area is 101 Å². The van der Waals surface area contributed by atoms with Gasteiger partial charge in [0.05, 0.1) is 5.54 Å². The van der Waals surface area contributed by atoms with Crippen LogP contribution in [0.5, 0.6) is 0 Å². The predicted octanol–water partition coefficient (Wildman–Crippen LogP) is 3.01. The topological polar surface area (TPSA) is 15.3 Å². The smallest absolute Gasteiger partial charge is 0.0562 e. The van der Waals surface area contributed by atoms with E-state index in [-0.39, 0.29) is 5.54 Å². The summed E-state index contributed by atoms with van der Waals surface area (Å²) < 4.78 is 0. The summed E-state index contributed by atoms with van der Waals surface area (Å²) in [6, 6.07) is 0. The zero-order chi connectivity index (χ0) is 12.4. The molecule has 0 aromatic carbocycles. The molecule has 0 saturated carbocycles. The minimum absolute atomic E-state index is 0.195. The average molecular weight is 224 g/mol. The lowest BCUT2D eigenvalue weighted by atomic mass is 9.86. The molecule has 2 heteroatoms. The second-order valence-corrected chi connectivity index (χ2v) is 5.79. The summed E-state index contributed by atoms with van der Waals surface area (Å²) in [5.74, 6) is 0. The van der Waals surface area contributed by atoms with Crippen LogP contribution in [0.25, 0.3) is 0 Å². The average Bonchev–Trinajstić information content (AvgIpc) is 2.57. The predicted molar refractivity (Wildman–Crippen MR) is 71.5 cm³/mol. The van der Waals surface area contributed by atoms with E-state index in [2.05, 4.69) is 37.6 Å². The highest BCUT2D eigenvalue weighted by molar-refractivity contribution is 5.20. The minimum atomic E-state index is 0.195. The summed E-state index contributed by atoms with van der Waals surface area (Å²) in [5, 5.41) is 3.48. The van der Waals surface area contributed by atoms with Crippen LogP contribution in [0.3, 0.4) is 0 Å². The maximum Gasteiger partial charge on any atom is 0.0562 e. The fraction of sp³-hybridized carbons (Fsp3) is 0.857. The monoisotopic (exact) mass is 224 g/mol. The molecule has 2 saturated heterocycles. The Morgan fingerprint density at radius 1 is 1.19 bits per heavy atom. The molecule has 0 aliphatic carbocycles. The van der Waals surface area contributed by atoms with Crippen LogP contribution in [0.4, 0.5) is 0 Å². The zero-order valence-corrected chi connectivity index (χ0v) is 11.7. The molecule has 1 N–H and O–H groups in total. The normalized spacial score (nSPS) is 31.4. The molecular formula is C14H28N2. The standard InChI is InChI=1S/C12H22N2.C2H6/c1-10(12(4)5-7-13-12)14-8-6-11(2,3)9-14;1-2/h13H,1,5-9H2,2-4H3;1-2H3/t12-;/m1./s1. The summed E-state index contributed by atoms with van der Waals surface area (Å²) in [6.45, 7) is 18.7. The van der Waals surface area contributed by atoms with Gasteiger partial charge in [-0.2, -0.15) is 0 Å². The first-order valence-electron chi connectivity index (χ1n) is 6.62. The van der Waals surface area contributed by atoms with Gasteiger partial charge in [0, 0.05) is 18.8 Å².